The molecule has 3 unspecified atom stereocenters. The average Bonchev–Trinajstić information content (AvgIpc) is 2.73. The Kier molecular flexibility index (Phi) is 3.12. The van der Waals surface area contributed by atoms with Crippen molar-refractivity contribution in [1.29, 1.82) is 0 Å². The monoisotopic (exact) mass is 243 g/mol. The molecule has 1 N–H and O–H groups in total. The van der Waals surface area contributed by atoms with Crippen LogP contribution < -0.4 is 0 Å². The number of likely N-dealkylation sites (tertiary alicyclic amines) is 1. The third kappa shape index (κ3) is 2.03. The number of aliphatic carboxylic acids is 1. The number of carboxylic acids is 1. The molecule has 7 heteroatoms. The van der Waals surface area contributed by atoms with Crippen molar-refractivity contribution in [2.24, 2.45) is 0 Å². The van der Waals surface area contributed by atoms with Crippen LogP contribution in [-0.4, -0.2) is 59.8 Å². The first-order valence-corrected chi connectivity index (χ1v) is 5.31. The lowest BCUT2D eigenvalue weighted by atomic mass is 10.2. The summed E-state index contributed by atoms with van der Waals surface area (Å²) in [6.45, 7) is -0.264. The third-order valence-corrected chi connectivity index (χ3v) is 3.01. The standard InChI is InChI=1S/C10H13NO6/c1-16-7(10(14)15)4-11-8(12)5-2-3-6(17-5)9(11)13/h5-7H,2-4H2,1H3,(H,14,15). The van der Waals surface area contributed by atoms with Crippen molar-refractivity contribution < 1.29 is 29.0 Å². The van der Waals surface area contributed by atoms with Gasteiger partial charge in [-0.3, -0.25) is 14.5 Å². The Morgan fingerprint density at radius 1 is 1.47 bits per heavy atom. The highest BCUT2D eigenvalue weighted by Gasteiger charge is 2.47. The number of nitrogens with zero attached hydrogens (tertiary/aromatic N) is 1. The zero-order valence-electron chi connectivity index (χ0n) is 9.29. The molecule has 0 spiro atoms. The van der Waals surface area contributed by atoms with Crippen molar-refractivity contribution in [3.8, 4) is 0 Å². The molecule has 2 amide bonds. The Morgan fingerprint density at radius 3 is 2.41 bits per heavy atom. The van der Waals surface area contributed by atoms with E-state index in [4.69, 9.17) is 14.6 Å². The highest BCUT2D eigenvalue weighted by molar-refractivity contribution is 6.02. The van der Waals surface area contributed by atoms with Gasteiger partial charge in [-0.25, -0.2) is 4.79 Å². The molecule has 0 aromatic rings. The topological polar surface area (TPSA) is 93.1 Å². The van der Waals surface area contributed by atoms with Crippen molar-refractivity contribution in [3.63, 3.8) is 0 Å². The summed E-state index contributed by atoms with van der Waals surface area (Å²) in [5.41, 5.74) is 0. The van der Waals surface area contributed by atoms with E-state index in [1.54, 1.807) is 0 Å². The van der Waals surface area contributed by atoms with Crippen LogP contribution in [0.25, 0.3) is 0 Å². The molecule has 0 saturated carbocycles. The lowest BCUT2D eigenvalue weighted by Crippen LogP contribution is -2.55. The third-order valence-electron chi connectivity index (χ3n) is 3.01. The molecule has 2 aliphatic rings. The van der Waals surface area contributed by atoms with Crippen LogP contribution in [0.5, 0.6) is 0 Å². The van der Waals surface area contributed by atoms with E-state index in [1.807, 2.05) is 0 Å². The molecule has 0 aromatic carbocycles. The summed E-state index contributed by atoms with van der Waals surface area (Å²) in [5.74, 6) is -2.13. The normalized spacial score (nSPS) is 29.6. The number of carbonyl (C=O) groups is 3. The molecule has 17 heavy (non-hydrogen) atoms. The second kappa shape index (κ2) is 4.42. The minimum Gasteiger partial charge on any atom is -0.479 e. The molecule has 2 aliphatic heterocycles. The SMILES string of the molecule is COC(CN1C(=O)C2CCC(O2)C1=O)C(=O)O. The molecule has 3 atom stereocenters. The fourth-order valence-electron chi connectivity index (χ4n) is 2.06. The Labute approximate surface area is 97.3 Å². The fraction of sp³-hybridized carbons (Fsp3) is 0.700. The fourth-order valence-corrected chi connectivity index (χ4v) is 2.06. The van der Waals surface area contributed by atoms with E-state index in [2.05, 4.69) is 0 Å². The van der Waals surface area contributed by atoms with Gasteiger partial charge in [-0.15, -0.1) is 0 Å². The number of hydrogen-bond donors (Lipinski definition) is 1. The quantitative estimate of drug-likeness (QED) is 0.637. The Bertz CT molecular complexity index is 346. The molecule has 2 rings (SSSR count). The Hall–Kier alpha value is -1.47. The van der Waals surface area contributed by atoms with Crippen LogP contribution in [0.3, 0.4) is 0 Å². The van der Waals surface area contributed by atoms with Crippen LogP contribution in [-0.2, 0) is 23.9 Å². The maximum Gasteiger partial charge on any atom is 0.334 e. The van der Waals surface area contributed by atoms with Gasteiger partial charge in [0.1, 0.15) is 12.2 Å². The van der Waals surface area contributed by atoms with Crippen LogP contribution >= 0.6 is 0 Å². The second-order valence-electron chi connectivity index (χ2n) is 4.04. The number of rotatable bonds is 4. The first kappa shape index (κ1) is 12.0. The van der Waals surface area contributed by atoms with E-state index in [9.17, 15) is 14.4 Å². The summed E-state index contributed by atoms with van der Waals surface area (Å²) in [5, 5.41) is 8.82. The van der Waals surface area contributed by atoms with Gasteiger partial charge in [0.25, 0.3) is 11.8 Å². The summed E-state index contributed by atoms with van der Waals surface area (Å²) in [6, 6.07) is 0. The Balaban J connectivity index is 2.12. The van der Waals surface area contributed by atoms with Crippen LogP contribution in [0.2, 0.25) is 0 Å². The van der Waals surface area contributed by atoms with Gasteiger partial charge in [0.2, 0.25) is 0 Å². The molecule has 2 bridgehead atoms. The minimum atomic E-state index is -1.20. The smallest absolute Gasteiger partial charge is 0.334 e. The van der Waals surface area contributed by atoms with Crippen molar-refractivity contribution in [3.05, 3.63) is 0 Å². The molecular weight excluding hydrogens is 230 g/mol. The zero-order chi connectivity index (χ0) is 12.6. The van der Waals surface area contributed by atoms with Gasteiger partial charge in [0.15, 0.2) is 6.10 Å². The highest BCUT2D eigenvalue weighted by atomic mass is 16.5. The molecule has 2 fully saturated rings. The zero-order valence-corrected chi connectivity index (χ0v) is 9.29. The van der Waals surface area contributed by atoms with Gasteiger partial charge in [-0.05, 0) is 12.8 Å². The number of fused-ring (bicyclic) bond motifs is 2. The van der Waals surface area contributed by atoms with E-state index < -0.39 is 36.1 Å². The predicted octanol–water partition coefficient (Wildman–Crippen LogP) is -0.998. The number of carboxylic acid groups (broad SMARTS) is 1. The first-order chi connectivity index (χ1) is 8.04. The van der Waals surface area contributed by atoms with Crippen molar-refractivity contribution >= 4 is 17.8 Å². The number of morpholine rings is 1. The molecule has 0 radical (unpaired) electrons. The number of carbonyl (C=O) groups excluding carboxylic acids is 2. The van der Waals surface area contributed by atoms with E-state index in [0.29, 0.717) is 12.8 Å². The average molecular weight is 243 g/mol. The van der Waals surface area contributed by atoms with Crippen molar-refractivity contribution in [1.82, 2.24) is 4.90 Å². The van der Waals surface area contributed by atoms with E-state index in [-0.39, 0.29) is 6.54 Å². The molecule has 0 aromatic heterocycles. The predicted molar refractivity (Wildman–Crippen MR) is 53.0 cm³/mol. The largest absolute Gasteiger partial charge is 0.479 e. The van der Waals surface area contributed by atoms with Gasteiger partial charge in [-0.1, -0.05) is 0 Å². The van der Waals surface area contributed by atoms with Gasteiger partial charge >= 0.3 is 5.97 Å². The Morgan fingerprint density at radius 2 is 2.00 bits per heavy atom. The molecule has 7 nitrogen and oxygen atoms in total. The van der Waals surface area contributed by atoms with E-state index >= 15 is 0 Å². The molecular formula is C10H13NO6. The highest BCUT2D eigenvalue weighted by Crippen LogP contribution is 2.28. The lowest BCUT2D eigenvalue weighted by Gasteiger charge is -2.31. The molecule has 0 aliphatic carbocycles. The molecule has 94 valence electrons. The van der Waals surface area contributed by atoms with Gasteiger partial charge in [0, 0.05) is 7.11 Å². The maximum atomic E-state index is 11.8. The number of imide groups is 1. The van der Waals surface area contributed by atoms with Crippen LogP contribution in [0.1, 0.15) is 12.8 Å². The van der Waals surface area contributed by atoms with Gasteiger partial charge < -0.3 is 14.6 Å². The van der Waals surface area contributed by atoms with Gasteiger partial charge in [0.05, 0.1) is 6.54 Å². The summed E-state index contributed by atoms with van der Waals surface area (Å²) < 4.78 is 9.91. The summed E-state index contributed by atoms with van der Waals surface area (Å²) >= 11 is 0. The van der Waals surface area contributed by atoms with Crippen molar-refractivity contribution in [2.75, 3.05) is 13.7 Å². The summed E-state index contributed by atoms with van der Waals surface area (Å²) in [6.07, 6.45) is -1.39. The van der Waals surface area contributed by atoms with Crippen molar-refractivity contribution in [2.45, 2.75) is 31.2 Å². The maximum absolute atomic E-state index is 11.8. The molecule has 2 saturated heterocycles. The number of methoxy groups -OCH3 is 1. The number of amides is 2. The van der Waals surface area contributed by atoms with Gasteiger partial charge in [-0.2, -0.15) is 0 Å². The summed E-state index contributed by atoms with van der Waals surface area (Å²) in [7, 11) is 1.22. The summed E-state index contributed by atoms with van der Waals surface area (Å²) in [4.78, 5) is 35.3. The van der Waals surface area contributed by atoms with Crippen LogP contribution in [0.15, 0.2) is 0 Å². The minimum absolute atomic E-state index is 0.264. The van der Waals surface area contributed by atoms with Crippen LogP contribution in [0.4, 0.5) is 0 Å². The van der Waals surface area contributed by atoms with E-state index in [0.717, 1.165) is 4.90 Å². The lowest BCUT2D eigenvalue weighted by molar-refractivity contribution is -0.172. The first-order valence-electron chi connectivity index (χ1n) is 5.31. The number of ether oxygens (including phenoxy) is 2. The van der Waals surface area contributed by atoms with Crippen LogP contribution in [0, 0.1) is 0 Å². The number of hydrogen-bond acceptors (Lipinski definition) is 5. The van der Waals surface area contributed by atoms with E-state index in [1.165, 1.54) is 7.11 Å². The molecule has 2 heterocycles. The second-order valence-corrected chi connectivity index (χ2v) is 4.04.